The summed E-state index contributed by atoms with van der Waals surface area (Å²) in [5.74, 6) is 1.06. The van der Waals surface area contributed by atoms with Crippen LogP contribution in [-0.2, 0) is 11.3 Å². The summed E-state index contributed by atoms with van der Waals surface area (Å²) in [6.07, 6.45) is 2.76. The van der Waals surface area contributed by atoms with Gasteiger partial charge in [-0.2, -0.15) is 4.98 Å². The number of hydrogen-bond acceptors (Lipinski definition) is 5. The van der Waals surface area contributed by atoms with Gasteiger partial charge in [-0.15, -0.1) is 0 Å². The molecule has 0 radical (unpaired) electrons. The molecule has 33 heavy (non-hydrogen) atoms. The Bertz CT molecular complexity index is 1060. The van der Waals surface area contributed by atoms with Gasteiger partial charge in [-0.1, -0.05) is 41.4 Å². The third-order valence-corrected chi connectivity index (χ3v) is 6.70. The predicted molar refractivity (Wildman–Crippen MR) is 131 cm³/mol. The number of hydrogen-bond donors (Lipinski definition) is 0. The van der Waals surface area contributed by atoms with Crippen molar-refractivity contribution in [3.05, 3.63) is 65.0 Å². The molecule has 1 fully saturated rings. The van der Waals surface area contributed by atoms with Crippen molar-refractivity contribution in [3.63, 3.8) is 0 Å². The summed E-state index contributed by atoms with van der Waals surface area (Å²) < 4.78 is 5.52. The molecule has 1 aromatic heterocycles. The molecule has 2 aromatic carbocycles. The van der Waals surface area contributed by atoms with Gasteiger partial charge in [-0.3, -0.25) is 4.79 Å². The fraction of sp³-hybridized carbons (Fsp3) is 0.423. The van der Waals surface area contributed by atoms with Crippen LogP contribution in [0, 0.1) is 12.8 Å². The Labute approximate surface area is 200 Å². The van der Waals surface area contributed by atoms with Crippen LogP contribution in [0.4, 0.5) is 5.69 Å². The second-order valence-corrected chi connectivity index (χ2v) is 9.30. The Morgan fingerprint density at radius 3 is 2.64 bits per heavy atom. The van der Waals surface area contributed by atoms with Crippen molar-refractivity contribution in [1.29, 1.82) is 0 Å². The van der Waals surface area contributed by atoms with E-state index in [2.05, 4.69) is 60.1 Å². The molecule has 2 atom stereocenters. The van der Waals surface area contributed by atoms with Gasteiger partial charge in [0, 0.05) is 35.4 Å². The number of piperidine rings is 1. The van der Waals surface area contributed by atoms with Crippen molar-refractivity contribution in [2.75, 3.05) is 18.0 Å². The van der Waals surface area contributed by atoms with Gasteiger partial charge in [0.25, 0.3) is 0 Å². The normalized spacial score (nSPS) is 17.1. The summed E-state index contributed by atoms with van der Waals surface area (Å²) >= 11 is 5.98. The first-order valence-electron chi connectivity index (χ1n) is 11.6. The van der Waals surface area contributed by atoms with Crippen LogP contribution in [0.5, 0.6) is 0 Å². The second-order valence-electron chi connectivity index (χ2n) is 8.86. The van der Waals surface area contributed by atoms with Gasteiger partial charge >= 0.3 is 0 Å². The highest BCUT2D eigenvalue weighted by atomic mass is 35.5. The minimum Gasteiger partial charge on any atom is -0.371 e. The molecule has 1 aliphatic heterocycles. The number of amides is 1. The lowest BCUT2D eigenvalue weighted by Crippen LogP contribution is -2.47. The van der Waals surface area contributed by atoms with Crippen LogP contribution >= 0.6 is 11.6 Å². The lowest BCUT2D eigenvalue weighted by Gasteiger charge is -2.37. The third kappa shape index (κ3) is 5.56. The van der Waals surface area contributed by atoms with E-state index in [1.165, 1.54) is 11.3 Å². The lowest BCUT2D eigenvalue weighted by atomic mass is 9.95. The van der Waals surface area contributed by atoms with E-state index in [0.29, 0.717) is 23.3 Å². The van der Waals surface area contributed by atoms with Gasteiger partial charge in [0.15, 0.2) is 0 Å². The van der Waals surface area contributed by atoms with E-state index in [4.69, 9.17) is 16.1 Å². The van der Waals surface area contributed by atoms with Crippen LogP contribution < -0.4 is 4.90 Å². The van der Waals surface area contributed by atoms with E-state index in [1.54, 1.807) is 12.1 Å². The summed E-state index contributed by atoms with van der Waals surface area (Å²) in [6.45, 7) is 8.28. The molecular weight excluding hydrogens is 436 g/mol. The number of aromatic nitrogens is 2. The van der Waals surface area contributed by atoms with E-state index in [1.807, 2.05) is 17.0 Å². The fourth-order valence-corrected chi connectivity index (χ4v) is 4.38. The van der Waals surface area contributed by atoms with Gasteiger partial charge in [0.1, 0.15) is 6.54 Å². The third-order valence-electron chi connectivity index (χ3n) is 6.45. The standard InChI is InChI=1S/C26H31ClN4O2/c1-4-19(3)31(17-24-28-25(29-33-24)20-9-11-22(27)12-10-20)26(32)21-6-5-15-30(16-21)23-13-7-18(2)8-14-23/h7-14,19,21H,4-6,15-17H2,1-3H3/t19-,21-/m0/s1. The highest BCUT2D eigenvalue weighted by molar-refractivity contribution is 6.30. The molecule has 7 heteroatoms. The zero-order valence-corrected chi connectivity index (χ0v) is 20.3. The average molecular weight is 467 g/mol. The summed E-state index contributed by atoms with van der Waals surface area (Å²) in [5, 5.41) is 4.77. The molecule has 1 aliphatic rings. The Kier molecular flexibility index (Phi) is 7.33. The van der Waals surface area contributed by atoms with E-state index in [0.717, 1.165) is 37.9 Å². The van der Waals surface area contributed by atoms with Crippen molar-refractivity contribution >= 4 is 23.2 Å². The SMILES string of the molecule is CC[C@H](C)N(Cc1nc(-c2ccc(Cl)cc2)no1)C(=O)[C@H]1CCCN(c2ccc(C)cc2)C1. The van der Waals surface area contributed by atoms with Crippen LogP contribution in [0.1, 0.15) is 44.6 Å². The quantitative estimate of drug-likeness (QED) is 0.444. The number of aryl methyl sites for hydroxylation is 1. The van der Waals surface area contributed by atoms with Crippen molar-refractivity contribution in [3.8, 4) is 11.4 Å². The van der Waals surface area contributed by atoms with Gasteiger partial charge < -0.3 is 14.3 Å². The summed E-state index contributed by atoms with van der Waals surface area (Å²) in [6, 6.07) is 15.9. The number of carbonyl (C=O) groups is 1. The zero-order valence-electron chi connectivity index (χ0n) is 19.5. The van der Waals surface area contributed by atoms with Crippen molar-refractivity contribution in [1.82, 2.24) is 15.0 Å². The molecule has 0 saturated carbocycles. The first-order valence-corrected chi connectivity index (χ1v) is 12.0. The topological polar surface area (TPSA) is 62.5 Å². The molecule has 0 bridgehead atoms. The number of rotatable bonds is 7. The van der Waals surface area contributed by atoms with Crippen LogP contribution in [0.25, 0.3) is 11.4 Å². The summed E-state index contributed by atoms with van der Waals surface area (Å²) in [5.41, 5.74) is 3.25. The Morgan fingerprint density at radius 1 is 1.21 bits per heavy atom. The molecular formula is C26H31ClN4O2. The summed E-state index contributed by atoms with van der Waals surface area (Å²) in [7, 11) is 0. The van der Waals surface area contributed by atoms with Crippen molar-refractivity contribution in [2.45, 2.75) is 52.6 Å². The van der Waals surface area contributed by atoms with Crippen molar-refractivity contribution < 1.29 is 9.32 Å². The Morgan fingerprint density at radius 2 is 1.94 bits per heavy atom. The van der Waals surface area contributed by atoms with Crippen LogP contribution in [-0.4, -0.2) is 40.1 Å². The highest BCUT2D eigenvalue weighted by Crippen LogP contribution is 2.27. The lowest BCUT2D eigenvalue weighted by molar-refractivity contribution is -0.139. The number of benzene rings is 2. The van der Waals surface area contributed by atoms with Gasteiger partial charge in [0.2, 0.25) is 17.6 Å². The Hall–Kier alpha value is -2.86. The highest BCUT2D eigenvalue weighted by Gasteiger charge is 2.32. The number of halogens is 1. The average Bonchev–Trinajstić information content (AvgIpc) is 3.31. The van der Waals surface area contributed by atoms with E-state index in [-0.39, 0.29) is 17.9 Å². The van der Waals surface area contributed by atoms with E-state index < -0.39 is 0 Å². The van der Waals surface area contributed by atoms with Crippen LogP contribution in [0.2, 0.25) is 5.02 Å². The van der Waals surface area contributed by atoms with Crippen LogP contribution in [0.3, 0.4) is 0 Å². The molecule has 2 heterocycles. The van der Waals surface area contributed by atoms with Crippen LogP contribution in [0.15, 0.2) is 53.1 Å². The summed E-state index contributed by atoms with van der Waals surface area (Å²) in [4.78, 5) is 22.4. The molecule has 1 amide bonds. The first-order chi connectivity index (χ1) is 15.9. The largest absolute Gasteiger partial charge is 0.371 e. The molecule has 0 unspecified atom stereocenters. The number of anilines is 1. The minimum atomic E-state index is -0.0484. The predicted octanol–water partition coefficient (Wildman–Crippen LogP) is 5.74. The minimum absolute atomic E-state index is 0.0484. The zero-order chi connectivity index (χ0) is 23.4. The van der Waals surface area contributed by atoms with Crippen molar-refractivity contribution in [2.24, 2.45) is 5.92 Å². The first kappa shape index (κ1) is 23.3. The monoisotopic (exact) mass is 466 g/mol. The maximum Gasteiger partial charge on any atom is 0.246 e. The van der Waals surface area contributed by atoms with Gasteiger partial charge in [0.05, 0.1) is 5.92 Å². The smallest absolute Gasteiger partial charge is 0.246 e. The molecule has 6 nitrogen and oxygen atoms in total. The molecule has 174 valence electrons. The number of carbonyl (C=O) groups excluding carboxylic acids is 1. The fourth-order valence-electron chi connectivity index (χ4n) is 4.26. The molecule has 0 N–H and O–H groups in total. The second kappa shape index (κ2) is 10.4. The van der Waals surface area contributed by atoms with E-state index >= 15 is 0 Å². The Balaban J connectivity index is 1.48. The number of nitrogens with zero attached hydrogens (tertiary/aromatic N) is 4. The van der Waals surface area contributed by atoms with E-state index in [9.17, 15) is 4.79 Å². The molecule has 3 aromatic rings. The maximum atomic E-state index is 13.6. The molecule has 4 rings (SSSR count). The molecule has 0 spiro atoms. The van der Waals surface area contributed by atoms with Gasteiger partial charge in [-0.25, -0.2) is 0 Å². The molecule has 1 saturated heterocycles. The molecule has 0 aliphatic carbocycles. The van der Waals surface area contributed by atoms with Gasteiger partial charge in [-0.05, 0) is 69.5 Å². The maximum absolute atomic E-state index is 13.6.